The van der Waals surface area contributed by atoms with Gasteiger partial charge in [0.15, 0.2) is 5.82 Å². The van der Waals surface area contributed by atoms with Gasteiger partial charge in [-0.3, -0.25) is 0 Å². The average Bonchev–Trinajstić information content (AvgIpc) is 3.00. The summed E-state index contributed by atoms with van der Waals surface area (Å²) in [5, 5.41) is 13.6. The summed E-state index contributed by atoms with van der Waals surface area (Å²) in [6.45, 7) is 10.2. The first-order valence-corrected chi connectivity index (χ1v) is 7.57. The van der Waals surface area contributed by atoms with Gasteiger partial charge in [0.25, 0.3) is 0 Å². The van der Waals surface area contributed by atoms with Gasteiger partial charge in [-0.1, -0.05) is 25.9 Å². The first-order valence-electron chi connectivity index (χ1n) is 7.57. The molecule has 6 heteroatoms. The maximum Gasteiger partial charge on any atom is 0.231 e. The fourth-order valence-corrected chi connectivity index (χ4v) is 2.94. The number of methoxy groups -OCH3 is 1. The molecule has 2 rings (SSSR count). The van der Waals surface area contributed by atoms with Crippen LogP contribution in [-0.2, 0) is 11.2 Å². The fraction of sp³-hybridized carbons (Fsp3) is 0.867. The van der Waals surface area contributed by atoms with Gasteiger partial charge >= 0.3 is 0 Å². The first kappa shape index (κ1) is 16.4. The predicted octanol–water partition coefficient (Wildman–Crippen LogP) is 1.31. The third-order valence-electron chi connectivity index (χ3n) is 3.78. The molecule has 1 saturated heterocycles. The zero-order valence-corrected chi connectivity index (χ0v) is 13.5. The maximum atomic E-state index is 9.63. The molecule has 0 amide bonds. The number of hydrogen-bond acceptors (Lipinski definition) is 6. The molecule has 0 radical (unpaired) electrons. The molecule has 2 atom stereocenters. The van der Waals surface area contributed by atoms with Crippen molar-refractivity contribution < 1.29 is 14.4 Å². The van der Waals surface area contributed by atoms with Crippen LogP contribution in [0.25, 0.3) is 0 Å². The number of aliphatic hydroxyl groups excluding tert-OH is 1. The number of nitrogens with zero attached hydrogens (tertiary/aromatic N) is 3. The van der Waals surface area contributed by atoms with Crippen molar-refractivity contribution in [1.82, 2.24) is 15.0 Å². The molecule has 0 bridgehead atoms. The zero-order chi connectivity index (χ0) is 15.5. The van der Waals surface area contributed by atoms with E-state index in [2.05, 4.69) is 35.8 Å². The molecule has 120 valence electrons. The van der Waals surface area contributed by atoms with Crippen molar-refractivity contribution in [1.29, 1.82) is 0 Å². The molecule has 0 aliphatic carbocycles. The number of likely N-dealkylation sites (tertiary alicyclic amines) is 1. The molecule has 21 heavy (non-hydrogen) atoms. The molecular formula is C15H27N3O3. The summed E-state index contributed by atoms with van der Waals surface area (Å²) in [5.74, 6) is 1.62. The van der Waals surface area contributed by atoms with Crippen LogP contribution in [0.1, 0.15) is 38.4 Å². The Hall–Kier alpha value is -0.980. The van der Waals surface area contributed by atoms with E-state index in [9.17, 15) is 5.11 Å². The lowest BCUT2D eigenvalue weighted by atomic mass is 9.96. The highest BCUT2D eigenvalue weighted by molar-refractivity contribution is 5.03. The fourth-order valence-electron chi connectivity index (χ4n) is 2.94. The third-order valence-corrected chi connectivity index (χ3v) is 3.78. The van der Waals surface area contributed by atoms with Gasteiger partial charge in [-0.05, 0) is 5.41 Å². The standard InChI is InChI=1S/C15H27N3O3/c1-15(2,3)10-18-7-11(9-19)12(8-18)14-16-13(17-21-14)5-6-20-4/h11-12,19H,5-10H2,1-4H3/t11-,12+/m0/s1. The second kappa shape index (κ2) is 6.85. The van der Waals surface area contributed by atoms with Gasteiger partial charge in [-0.2, -0.15) is 4.98 Å². The van der Waals surface area contributed by atoms with Crippen LogP contribution in [0.5, 0.6) is 0 Å². The van der Waals surface area contributed by atoms with Crippen LogP contribution in [0.2, 0.25) is 0 Å². The monoisotopic (exact) mass is 297 g/mol. The van der Waals surface area contributed by atoms with Gasteiger partial charge in [0, 0.05) is 45.7 Å². The minimum atomic E-state index is 0.126. The van der Waals surface area contributed by atoms with Crippen LogP contribution < -0.4 is 0 Å². The van der Waals surface area contributed by atoms with E-state index in [1.807, 2.05) is 0 Å². The SMILES string of the molecule is COCCc1noc([C@@H]2CN(CC(C)(C)C)C[C@H]2CO)n1. The molecule has 1 aromatic rings. The molecule has 1 aliphatic heterocycles. The lowest BCUT2D eigenvalue weighted by Gasteiger charge is -2.26. The Morgan fingerprint density at radius 2 is 2.14 bits per heavy atom. The van der Waals surface area contributed by atoms with E-state index in [1.54, 1.807) is 7.11 Å². The van der Waals surface area contributed by atoms with E-state index in [1.165, 1.54) is 0 Å². The van der Waals surface area contributed by atoms with Crippen LogP contribution in [0, 0.1) is 11.3 Å². The van der Waals surface area contributed by atoms with E-state index in [0.717, 1.165) is 19.6 Å². The molecular weight excluding hydrogens is 270 g/mol. The largest absolute Gasteiger partial charge is 0.396 e. The van der Waals surface area contributed by atoms with Crippen molar-refractivity contribution in [3.63, 3.8) is 0 Å². The van der Waals surface area contributed by atoms with Gasteiger partial charge in [-0.25, -0.2) is 0 Å². The van der Waals surface area contributed by atoms with Crippen LogP contribution in [0.4, 0.5) is 0 Å². The van der Waals surface area contributed by atoms with Crippen molar-refractivity contribution in [2.24, 2.45) is 11.3 Å². The van der Waals surface area contributed by atoms with Crippen LogP contribution >= 0.6 is 0 Å². The summed E-state index contributed by atoms with van der Waals surface area (Å²) in [6, 6.07) is 0. The van der Waals surface area contributed by atoms with Gasteiger partial charge < -0.3 is 19.3 Å². The molecule has 0 spiro atoms. The molecule has 1 aromatic heterocycles. The molecule has 1 aliphatic rings. The summed E-state index contributed by atoms with van der Waals surface area (Å²) in [5.41, 5.74) is 0.243. The minimum Gasteiger partial charge on any atom is -0.396 e. The van der Waals surface area contributed by atoms with Crippen molar-refractivity contribution in [2.75, 3.05) is 40.0 Å². The van der Waals surface area contributed by atoms with E-state index in [0.29, 0.717) is 24.7 Å². The number of aliphatic hydroxyl groups is 1. The van der Waals surface area contributed by atoms with Gasteiger partial charge in [0.1, 0.15) is 0 Å². The zero-order valence-electron chi connectivity index (χ0n) is 13.5. The van der Waals surface area contributed by atoms with Gasteiger partial charge in [-0.15, -0.1) is 0 Å². The third kappa shape index (κ3) is 4.49. The molecule has 0 aromatic carbocycles. The van der Waals surface area contributed by atoms with Crippen molar-refractivity contribution in [3.8, 4) is 0 Å². The number of rotatable bonds is 6. The topological polar surface area (TPSA) is 71.6 Å². The van der Waals surface area contributed by atoms with E-state index in [4.69, 9.17) is 9.26 Å². The second-order valence-electron chi connectivity index (χ2n) is 7.10. The summed E-state index contributed by atoms with van der Waals surface area (Å²) in [6.07, 6.45) is 0.655. The molecule has 1 fully saturated rings. The van der Waals surface area contributed by atoms with E-state index < -0.39 is 0 Å². The maximum absolute atomic E-state index is 9.63. The van der Waals surface area contributed by atoms with Crippen molar-refractivity contribution >= 4 is 0 Å². The number of aromatic nitrogens is 2. The summed E-state index contributed by atoms with van der Waals surface area (Å²) >= 11 is 0. The second-order valence-corrected chi connectivity index (χ2v) is 7.10. The van der Waals surface area contributed by atoms with Crippen LogP contribution in [0.15, 0.2) is 4.52 Å². The van der Waals surface area contributed by atoms with Gasteiger partial charge in [0.2, 0.25) is 5.89 Å². The Labute approximate surface area is 126 Å². The summed E-state index contributed by atoms with van der Waals surface area (Å²) < 4.78 is 10.4. The molecule has 2 heterocycles. The molecule has 6 nitrogen and oxygen atoms in total. The normalized spacial score (nSPS) is 23.9. The Morgan fingerprint density at radius 1 is 1.38 bits per heavy atom. The highest BCUT2D eigenvalue weighted by atomic mass is 16.5. The van der Waals surface area contributed by atoms with E-state index >= 15 is 0 Å². The van der Waals surface area contributed by atoms with Gasteiger partial charge in [0.05, 0.1) is 12.5 Å². The Bertz CT molecular complexity index is 442. The lowest BCUT2D eigenvalue weighted by Crippen LogP contribution is -2.31. The highest BCUT2D eigenvalue weighted by Crippen LogP contribution is 2.33. The van der Waals surface area contributed by atoms with Crippen molar-refractivity contribution in [3.05, 3.63) is 11.7 Å². The van der Waals surface area contributed by atoms with Crippen LogP contribution in [0.3, 0.4) is 0 Å². The van der Waals surface area contributed by atoms with Crippen molar-refractivity contribution in [2.45, 2.75) is 33.1 Å². The minimum absolute atomic E-state index is 0.126. The molecule has 0 unspecified atom stereocenters. The Balaban J connectivity index is 2.02. The Kier molecular flexibility index (Phi) is 5.35. The smallest absolute Gasteiger partial charge is 0.231 e. The summed E-state index contributed by atoms with van der Waals surface area (Å²) in [4.78, 5) is 6.84. The average molecular weight is 297 g/mol. The van der Waals surface area contributed by atoms with E-state index in [-0.39, 0.29) is 23.9 Å². The highest BCUT2D eigenvalue weighted by Gasteiger charge is 2.38. The number of hydrogen-bond donors (Lipinski definition) is 1. The molecule has 1 N–H and O–H groups in total. The molecule has 0 saturated carbocycles. The summed E-state index contributed by atoms with van der Waals surface area (Å²) in [7, 11) is 1.66. The lowest BCUT2D eigenvalue weighted by molar-refractivity contribution is 0.191. The number of ether oxygens (including phenoxy) is 1. The first-order chi connectivity index (χ1) is 9.93. The quantitative estimate of drug-likeness (QED) is 0.853. The van der Waals surface area contributed by atoms with Crippen LogP contribution in [-0.4, -0.2) is 60.1 Å². The Morgan fingerprint density at radius 3 is 2.76 bits per heavy atom. The predicted molar refractivity (Wildman–Crippen MR) is 79.1 cm³/mol.